The lowest BCUT2D eigenvalue weighted by molar-refractivity contribution is 0.403. The van der Waals surface area contributed by atoms with Gasteiger partial charge in [-0.15, -0.1) is 0 Å². The van der Waals surface area contributed by atoms with Crippen molar-refractivity contribution in [2.45, 2.75) is 0 Å². The van der Waals surface area contributed by atoms with Crippen molar-refractivity contribution in [2.75, 3.05) is 5.43 Å². The number of fused-ring (bicyclic) bond motifs is 1. The van der Waals surface area contributed by atoms with Gasteiger partial charge in [-0.1, -0.05) is 23.5 Å². The fourth-order valence-corrected chi connectivity index (χ4v) is 2.52. The zero-order valence-corrected chi connectivity index (χ0v) is 11.1. The minimum atomic E-state index is -0.172. The third kappa shape index (κ3) is 2.55. The van der Waals surface area contributed by atoms with Gasteiger partial charge in [-0.3, -0.25) is 5.43 Å². The Morgan fingerprint density at radius 2 is 1.95 bits per heavy atom. The topological polar surface area (TPSA) is 77.7 Å². The first-order valence-corrected chi connectivity index (χ1v) is 6.71. The van der Waals surface area contributed by atoms with Crippen molar-refractivity contribution >= 4 is 32.9 Å². The molecule has 3 rings (SSSR count). The third-order valence-electron chi connectivity index (χ3n) is 2.67. The molecule has 0 saturated heterocycles. The quantitative estimate of drug-likeness (QED) is 0.392. The number of aromatic hydroxyl groups is 2. The molecule has 3 N–H and O–H groups in total. The number of nitrogens with one attached hydrogen (secondary N) is 1. The third-order valence-corrected chi connectivity index (χ3v) is 3.61. The molecule has 0 aliphatic carbocycles. The highest BCUT2D eigenvalue weighted by molar-refractivity contribution is 7.22. The molecule has 0 unspecified atom stereocenters. The zero-order valence-electron chi connectivity index (χ0n) is 10.3. The van der Waals surface area contributed by atoms with Crippen LogP contribution >= 0.6 is 11.3 Å². The van der Waals surface area contributed by atoms with Crippen LogP contribution in [-0.2, 0) is 0 Å². The van der Waals surface area contributed by atoms with Gasteiger partial charge in [0.15, 0.2) is 11.5 Å². The molecule has 0 saturated carbocycles. The number of phenols is 2. The van der Waals surface area contributed by atoms with Gasteiger partial charge in [0.05, 0.1) is 16.4 Å². The molecular weight excluding hydrogens is 274 g/mol. The van der Waals surface area contributed by atoms with Crippen LogP contribution in [-0.4, -0.2) is 21.4 Å². The summed E-state index contributed by atoms with van der Waals surface area (Å²) in [6.45, 7) is 0. The maximum Gasteiger partial charge on any atom is 0.204 e. The number of thiazole rings is 1. The Labute approximate surface area is 118 Å². The van der Waals surface area contributed by atoms with Gasteiger partial charge in [0.2, 0.25) is 5.13 Å². The number of hydrogen-bond acceptors (Lipinski definition) is 6. The fourth-order valence-electron chi connectivity index (χ4n) is 1.70. The Morgan fingerprint density at radius 1 is 1.10 bits per heavy atom. The van der Waals surface area contributed by atoms with E-state index in [1.54, 1.807) is 12.3 Å². The van der Waals surface area contributed by atoms with Crippen molar-refractivity contribution in [3.8, 4) is 11.5 Å². The van der Waals surface area contributed by atoms with Crippen molar-refractivity contribution in [1.82, 2.24) is 4.98 Å². The van der Waals surface area contributed by atoms with E-state index in [0.717, 1.165) is 10.2 Å². The average molecular weight is 285 g/mol. The molecule has 0 aliphatic rings. The lowest BCUT2D eigenvalue weighted by Gasteiger charge is -1.98. The highest BCUT2D eigenvalue weighted by Crippen LogP contribution is 2.26. The molecule has 0 amide bonds. The first-order valence-electron chi connectivity index (χ1n) is 5.89. The number of anilines is 1. The van der Waals surface area contributed by atoms with Crippen LogP contribution in [0.4, 0.5) is 5.13 Å². The van der Waals surface area contributed by atoms with Crippen molar-refractivity contribution in [3.05, 3.63) is 48.0 Å². The maximum atomic E-state index is 9.37. The van der Waals surface area contributed by atoms with E-state index in [9.17, 15) is 10.2 Å². The molecule has 3 aromatic rings. The highest BCUT2D eigenvalue weighted by atomic mass is 32.1. The molecule has 6 heteroatoms. The number of aromatic nitrogens is 1. The molecule has 0 aliphatic heterocycles. The monoisotopic (exact) mass is 285 g/mol. The molecule has 0 radical (unpaired) electrons. The normalized spacial score (nSPS) is 11.2. The van der Waals surface area contributed by atoms with E-state index in [0.29, 0.717) is 10.7 Å². The molecule has 5 nitrogen and oxygen atoms in total. The Morgan fingerprint density at radius 3 is 2.75 bits per heavy atom. The van der Waals surface area contributed by atoms with Crippen LogP contribution in [0.2, 0.25) is 0 Å². The molecule has 0 fully saturated rings. The lowest BCUT2D eigenvalue weighted by atomic mass is 10.2. The number of hydrogen-bond donors (Lipinski definition) is 3. The van der Waals surface area contributed by atoms with Crippen molar-refractivity contribution < 1.29 is 10.2 Å². The summed E-state index contributed by atoms with van der Waals surface area (Å²) in [6.07, 6.45) is 1.55. The number of para-hydroxylation sites is 1. The summed E-state index contributed by atoms with van der Waals surface area (Å²) in [5.41, 5.74) is 4.45. The molecule has 0 bridgehead atoms. The van der Waals surface area contributed by atoms with Gasteiger partial charge in [-0.05, 0) is 35.9 Å². The van der Waals surface area contributed by atoms with Crippen LogP contribution in [0.1, 0.15) is 5.56 Å². The Bertz CT molecular complexity index is 750. The highest BCUT2D eigenvalue weighted by Gasteiger charge is 2.01. The second kappa shape index (κ2) is 5.18. The first kappa shape index (κ1) is 12.4. The molecule has 0 atom stereocenters. The molecule has 1 aromatic heterocycles. The summed E-state index contributed by atoms with van der Waals surface area (Å²) in [5.74, 6) is -0.324. The largest absolute Gasteiger partial charge is 0.504 e. The van der Waals surface area contributed by atoms with E-state index in [2.05, 4.69) is 15.5 Å². The maximum absolute atomic E-state index is 9.37. The zero-order chi connectivity index (χ0) is 13.9. The van der Waals surface area contributed by atoms with E-state index in [-0.39, 0.29) is 11.5 Å². The standard InChI is InChI=1S/C14H11N3O2S/c18-11-6-5-9(7-12(11)19)8-15-17-14-16-10-3-1-2-4-13(10)20-14/h1-8,18-19H,(H,16,17)/b15-8-. The predicted octanol–water partition coefficient (Wildman–Crippen LogP) is 3.15. The van der Waals surface area contributed by atoms with Crippen molar-refractivity contribution in [3.63, 3.8) is 0 Å². The van der Waals surface area contributed by atoms with Crippen LogP contribution < -0.4 is 5.43 Å². The van der Waals surface area contributed by atoms with Gasteiger partial charge in [0.1, 0.15) is 0 Å². The second-order valence-corrected chi connectivity index (χ2v) is 5.14. The smallest absolute Gasteiger partial charge is 0.204 e. The number of nitrogens with zero attached hydrogens (tertiary/aromatic N) is 2. The van der Waals surface area contributed by atoms with Crippen LogP contribution in [0, 0.1) is 0 Å². The number of benzene rings is 2. The Balaban J connectivity index is 1.75. The molecular formula is C14H11N3O2S. The first-order chi connectivity index (χ1) is 9.72. The predicted molar refractivity (Wildman–Crippen MR) is 80.6 cm³/mol. The number of rotatable bonds is 3. The van der Waals surface area contributed by atoms with Gasteiger partial charge in [-0.2, -0.15) is 5.10 Å². The van der Waals surface area contributed by atoms with Crippen LogP contribution in [0.15, 0.2) is 47.6 Å². The van der Waals surface area contributed by atoms with E-state index < -0.39 is 0 Å². The molecule has 2 aromatic carbocycles. The average Bonchev–Trinajstić information content (AvgIpc) is 2.85. The SMILES string of the molecule is Oc1ccc(/C=N\Nc2nc3ccccc3s2)cc1O. The number of hydrazone groups is 1. The van der Waals surface area contributed by atoms with E-state index in [1.807, 2.05) is 24.3 Å². The number of phenolic OH excluding ortho intramolecular Hbond substituents is 2. The van der Waals surface area contributed by atoms with E-state index in [1.165, 1.54) is 23.5 Å². The van der Waals surface area contributed by atoms with Crippen LogP contribution in [0.3, 0.4) is 0 Å². The Hall–Kier alpha value is -2.60. The lowest BCUT2D eigenvalue weighted by Crippen LogP contribution is -1.89. The summed E-state index contributed by atoms with van der Waals surface area (Å²) in [7, 11) is 0. The van der Waals surface area contributed by atoms with Gasteiger partial charge < -0.3 is 10.2 Å². The van der Waals surface area contributed by atoms with Crippen molar-refractivity contribution in [1.29, 1.82) is 0 Å². The summed E-state index contributed by atoms with van der Waals surface area (Å²) < 4.78 is 1.09. The second-order valence-electron chi connectivity index (χ2n) is 4.10. The van der Waals surface area contributed by atoms with Crippen molar-refractivity contribution in [2.24, 2.45) is 5.10 Å². The van der Waals surface area contributed by atoms with Gasteiger partial charge in [-0.25, -0.2) is 4.98 Å². The van der Waals surface area contributed by atoms with Gasteiger partial charge in [0, 0.05) is 0 Å². The fraction of sp³-hybridized carbons (Fsp3) is 0. The summed E-state index contributed by atoms with van der Waals surface area (Å²) >= 11 is 1.51. The van der Waals surface area contributed by atoms with E-state index in [4.69, 9.17) is 0 Å². The van der Waals surface area contributed by atoms with Crippen LogP contribution in [0.5, 0.6) is 11.5 Å². The van der Waals surface area contributed by atoms with Gasteiger partial charge >= 0.3 is 0 Å². The summed E-state index contributed by atoms with van der Waals surface area (Å²) in [5, 5.41) is 23.3. The van der Waals surface area contributed by atoms with Crippen LogP contribution in [0.25, 0.3) is 10.2 Å². The summed E-state index contributed by atoms with van der Waals surface area (Å²) in [6, 6.07) is 12.3. The molecule has 1 heterocycles. The molecule has 0 spiro atoms. The minimum Gasteiger partial charge on any atom is -0.504 e. The molecule has 100 valence electrons. The summed E-state index contributed by atoms with van der Waals surface area (Å²) in [4.78, 5) is 4.38. The minimum absolute atomic E-state index is 0.152. The Kier molecular flexibility index (Phi) is 3.22. The molecule has 20 heavy (non-hydrogen) atoms. The van der Waals surface area contributed by atoms with Gasteiger partial charge in [0.25, 0.3) is 0 Å². The van der Waals surface area contributed by atoms with E-state index >= 15 is 0 Å².